The Morgan fingerprint density at radius 3 is 2.63 bits per heavy atom. The Balaban J connectivity index is 1.87. The van der Waals surface area contributed by atoms with Crippen molar-refractivity contribution in [2.75, 3.05) is 13.1 Å². The molecule has 1 amide bonds. The number of aliphatic hydroxyl groups is 1. The number of amides is 1. The van der Waals surface area contributed by atoms with Gasteiger partial charge in [0, 0.05) is 24.5 Å². The van der Waals surface area contributed by atoms with E-state index < -0.39 is 0 Å². The molecule has 3 atom stereocenters. The Kier molecular flexibility index (Phi) is 5.22. The van der Waals surface area contributed by atoms with Crippen LogP contribution in [0.25, 0.3) is 0 Å². The molecule has 0 aromatic rings. The topological polar surface area (TPSA) is 52.6 Å². The molecular formula is C15H28N2O2. The fourth-order valence-corrected chi connectivity index (χ4v) is 3.31. The molecule has 3 unspecified atom stereocenters. The monoisotopic (exact) mass is 268 g/mol. The summed E-state index contributed by atoms with van der Waals surface area (Å²) in [7, 11) is 0. The molecule has 0 bridgehead atoms. The summed E-state index contributed by atoms with van der Waals surface area (Å²) in [5, 5.41) is 13.3. The Morgan fingerprint density at radius 1 is 1.21 bits per heavy atom. The van der Waals surface area contributed by atoms with Crippen molar-refractivity contribution in [2.45, 2.75) is 70.6 Å². The number of hydrogen-bond donors (Lipinski definition) is 2. The number of likely N-dealkylation sites (tertiary alicyclic amines) is 1. The van der Waals surface area contributed by atoms with Crippen molar-refractivity contribution in [2.24, 2.45) is 5.92 Å². The first-order chi connectivity index (χ1) is 9.08. The van der Waals surface area contributed by atoms with Crippen molar-refractivity contribution in [1.29, 1.82) is 0 Å². The van der Waals surface area contributed by atoms with E-state index in [0.717, 1.165) is 45.2 Å². The molecule has 1 aliphatic heterocycles. The maximum absolute atomic E-state index is 11.8. The molecule has 4 heteroatoms. The minimum absolute atomic E-state index is 0.0515. The number of piperidine rings is 1. The molecule has 4 nitrogen and oxygen atoms in total. The molecular weight excluding hydrogens is 240 g/mol. The van der Waals surface area contributed by atoms with E-state index in [9.17, 15) is 9.90 Å². The molecule has 1 heterocycles. The minimum atomic E-state index is -0.173. The summed E-state index contributed by atoms with van der Waals surface area (Å²) in [6.45, 7) is 5.83. The molecule has 2 fully saturated rings. The van der Waals surface area contributed by atoms with E-state index in [1.807, 2.05) is 13.8 Å². The van der Waals surface area contributed by atoms with E-state index in [4.69, 9.17) is 0 Å². The van der Waals surface area contributed by atoms with Crippen molar-refractivity contribution in [3.8, 4) is 0 Å². The normalized spacial score (nSPS) is 33.4. The highest BCUT2D eigenvalue weighted by molar-refractivity contribution is 5.78. The van der Waals surface area contributed by atoms with Gasteiger partial charge in [0.2, 0.25) is 5.91 Å². The van der Waals surface area contributed by atoms with Crippen LogP contribution in [0.2, 0.25) is 0 Å². The molecule has 0 aromatic carbocycles. The minimum Gasteiger partial charge on any atom is -0.391 e. The Morgan fingerprint density at radius 2 is 1.95 bits per heavy atom. The Bertz CT molecular complexity index is 307. The number of carbonyl (C=O) groups excluding carboxylic acids is 1. The van der Waals surface area contributed by atoms with E-state index in [0.29, 0.717) is 6.04 Å². The summed E-state index contributed by atoms with van der Waals surface area (Å²) in [6, 6.07) is 0.574. The van der Waals surface area contributed by atoms with Crippen molar-refractivity contribution >= 4 is 5.91 Å². The second-order valence-corrected chi connectivity index (χ2v) is 6.42. The zero-order chi connectivity index (χ0) is 13.8. The highest BCUT2D eigenvalue weighted by atomic mass is 16.3. The molecule has 1 aliphatic carbocycles. The van der Waals surface area contributed by atoms with Gasteiger partial charge in [-0.2, -0.15) is 0 Å². The first kappa shape index (κ1) is 14.8. The van der Waals surface area contributed by atoms with Crippen molar-refractivity contribution in [3.63, 3.8) is 0 Å². The van der Waals surface area contributed by atoms with Crippen LogP contribution in [0.5, 0.6) is 0 Å². The lowest BCUT2D eigenvalue weighted by atomic mass is 9.89. The van der Waals surface area contributed by atoms with Crippen molar-refractivity contribution in [1.82, 2.24) is 10.2 Å². The smallest absolute Gasteiger partial charge is 0.222 e. The first-order valence-electron chi connectivity index (χ1n) is 7.80. The standard InChI is InChI=1S/C15H28N2O2/c1-11(2)15(19)16-12-6-5-9-17(10-12)13-7-3-4-8-14(13)18/h11-14,18H,3-10H2,1-2H3,(H,16,19). The van der Waals surface area contributed by atoms with E-state index in [2.05, 4.69) is 10.2 Å². The van der Waals surface area contributed by atoms with Gasteiger partial charge >= 0.3 is 0 Å². The van der Waals surface area contributed by atoms with E-state index in [1.165, 1.54) is 6.42 Å². The average Bonchev–Trinajstić information content (AvgIpc) is 2.39. The van der Waals surface area contributed by atoms with Crippen LogP contribution in [0.3, 0.4) is 0 Å². The predicted molar refractivity (Wildman–Crippen MR) is 75.8 cm³/mol. The quantitative estimate of drug-likeness (QED) is 0.816. The Labute approximate surface area is 116 Å². The molecule has 0 spiro atoms. The van der Waals surface area contributed by atoms with Gasteiger partial charge in [0.25, 0.3) is 0 Å². The second-order valence-electron chi connectivity index (χ2n) is 6.42. The fourth-order valence-electron chi connectivity index (χ4n) is 3.31. The number of nitrogens with zero attached hydrogens (tertiary/aromatic N) is 1. The third kappa shape index (κ3) is 3.93. The maximum atomic E-state index is 11.8. The van der Waals surface area contributed by atoms with Gasteiger partial charge < -0.3 is 10.4 Å². The van der Waals surface area contributed by atoms with Crippen LogP contribution in [0.15, 0.2) is 0 Å². The van der Waals surface area contributed by atoms with Gasteiger partial charge in [-0.05, 0) is 32.2 Å². The van der Waals surface area contributed by atoms with Crippen molar-refractivity contribution in [3.05, 3.63) is 0 Å². The summed E-state index contributed by atoms with van der Waals surface area (Å²) in [6.07, 6.45) is 6.42. The molecule has 2 aliphatic rings. The summed E-state index contributed by atoms with van der Waals surface area (Å²) < 4.78 is 0. The van der Waals surface area contributed by atoms with E-state index in [1.54, 1.807) is 0 Å². The SMILES string of the molecule is CC(C)C(=O)NC1CCCN(C2CCCCC2O)C1. The number of carbonyl (C=O) groups is 1. The van der Waals surface area contributed by atoms with Gasteiger partial charge in [0.05, 0.1) is 6.10 Å². The highest BCUT2D eigenvalue weighted by Crippen LogP contribution is 2.25. The number of rotatable bonds is 3. The predicted octanol–water partition coefficient (Wildman–Crippen LogP) is 1.53. The third-order valence-electron chi connectivity index (χ3n) is 4.49. The average molecular weight is 268 g/mol. The van der Waals surface area contributed by atoms with Crippen LogP contribution in [-0.2, 0) is 4.79 Å². The lowest BCUT2D eigenvalue weighted by molar-refractivity contribution is -0.125. The van der Waals surface area contributed by atoms with Gasteiger partial charge in [0.1, 0.15) is 0 Å². The number of nitrogens with one attached hydrogen (secondary N) is 1. The van der Waals surface area contributed by atoms with Crippen LogP contribution in [0.1, 0.15) is 52.4 Å². The maximum Gasteiger partial charge on any atom is 0.222 e. The molecule has 1 saturated carbocycles. The van der Waals surface area contributed by atoms with Gasteiger partial charge in [0.15, 0.2) is 0 Å². The summed E-state index contributed by atoms with van der Waals surface area (Å²) in [5.41, 5.74) is 0. The number of aliphatic hydroxyl groups excluding tert-OH is 1. The lowest BCUT2D eigenvalue weighted by Gasteiger charge is -2.42. The van der Waals surface area contributed by atoms with Gasteiger partial charge in [-0.3, -0.25) is 9.69 Å². The molecule has 2 rings (SSSR count). The van der Waals surface area contributed by atoms with Crippen molar-refractivity contribution < 1.29 is 9.90 Å². The summed E-state index contributed by atoms with van der Waals surface area (Å²) in [5.74, 6) is 0.201. The van der Waals surface area contributed by atoms with E-state index in [-0.39, 0.29) is 24.0 Å². The number of hydrogen-bond acceptors (Lipinski definition) is 3. The van der Waals surface area contributed by atoms with Gasteiger partial charge in [-0.25, -0.2) is 0 Å². The molecule has 1 saturated heterocycles. The molecule has 0 aromatic heterocycles. The molecule has 0 radical (unpaired) electrons. The fraction of sp³-hybridized carbons (Fsp3) is 0.933. The first-order valence-corrected chi connectivity index (χ1v) is 7.80. The van der Waals surface area contributed by atoms with E-state index >= 15 is 0 Å². The van der Waals surface area contributed by atoms with Crippen LogP contribution in [0, 0.1) is 5.92 Å². The zero-order valence-electron chi connectivity index (χ0n) is 12.3. The largest absolute Gasteiger partial charge is 0.391 e. The Hall–Kier alpha value is -0.610. The summed E-state index contributed by atoms with van der Waals surface area (Å²) in [4.78, 5) is 14.2. The van der Waals surface area contributed by atoms with Gasteiger partial charge in [-0.15, -0.1) is 0 Å². The highest BCUT2D eigenvalue weighted by Gasteiger charge is 2.32. The zero-order valence-corrected chi connectivity index (χ0v) is 12.3. The molecule has 110 valence electrons. The van der Waals surface area contributed by atoms with Crippen LogP contribution < -0.4 is 5.32 Å². The molecule has 2 N–H and O–H groups in total. The summed E-state index contributed by atoms with van der Waals surface area (Å²) >= 11 is 0. The molecule has 19 heavy (non-hydrogen) atoms. The lowest BCUT2D eigenvalue weighted by Crippen LogP contribution is -2.55. The van der Waals surface area contributed by atoms with Gasteiger partial charge in [-0.1, -0.05) is 26.7 Å². The third-order valence-corrected chi connectivity index (χ3v) is 4.49. The van der Waals surface area contributed by atoms with Crippen LogP contribution >= 0.6 is 0 Å². The van der Waals surface area contributed by atoms with Crippen LogP contribution in [-0.4, -0.2) is 47.2 Å². The van der Waals surface area contributed by atoms with Crippen LogP contribution in [0.4, 0.5) is 0 Å². The second kappa shape index (κ2) is 6.71.